The summed E-state index contributed by atoms with van der Waals surface area (Å²) in [6.07, 6.45) is 1.75. The number of ether oxygens (including phenoxy) is 1. The highest BCUT2D eigenvalue weighted by molar-refractivity contribution is 7.10. The number of benzene rings is 2. The molecule has 190 valence electrons. The van der Waals surface area contributed by atoms with Crippen LogP contribution in [0.25, 0.3) is 0 Å². The zero-order valence-electron chi connectivity index (χ0n) is 20.7. The summed E-state index contributed by atoms with van der Waals surface area (Å²) < 4.78 is 5.79. The average molecular weight is 526 g/mol. The molecule has 3 aromatic rings. The number of amides is 3. The Morgan fingerprint density at radius 1 is 1.06 bits per heavy atom. The number of aryl methyl sites for hydroxylation is 2. The van der Waals surface area contributed by atoms with Crippen molar-refractivity contribution in [2.24, 2.45) is 0 Å². The van der Waals surface area contributed by atoms with Crippen LogP contribution in [0.3, 0.4) is 0 Å². The largest absolute Gasteiger partial charge is 0.376 e. The van der Waals surface area contributed by atoms with E-state index >= 15 is 0 Å². The van der Waals surface area contributed by atoms with Crippen LogP contribution >= 0.6 is 22.9 Å². The fraction of sp³-hybridized carbons (Fsp3) is 0.357. The van der Waals surface area contributed by atoms with Gasteiger partial charge in [0.2, 0.25) is 5.91 Å². The standard InChI is InChI=1S/C28H32ClN3O3S/c1-20-10-11-23(15-25(20)29)30-28(34)32(17-24-9-6-13-35-24)19-27(33)31(16-22-7-4-3-5-8-22)18-26-21(2)12-14-36-26/h3-5,7-8,10-12,14-15,24H,6,9,13,16-19H2,1-2H3,(H,30,34). The van der Waals surface area contributed by atoms with E-state index in [0.29, 0.717) is 37.0 Å². The highest BCUT2D eigenvalue weighted by Crippen LogP contribution is 2.22. The highest BCUT2D eigenvalue weighted by atomic mass is 35.5. The molecule has 1 fully saturated rings. The van der Waals surface area contributed by atoms with Crippen molar-refractivity contribution in [2.75, 3.05) is 25.0 Å². The van der Waals surface area contributed by atoms with Crippen LogP contribution in [0, 0.1) is 13.8 Å². The maximum atomic E-state index is 13.7. The normalized spacial score (nSPS) is 15.0. The molecule has 36 heavy (non-hydrogen) atoms. The fourth-order valence-electron chi connectivity index (χ4n) is 4.17. The van der Waals surface area contributed by atoms with Crippen LogP contribution in [0.5, 0.6) is 0 Å². The third-order valence-corrected chi connectivity index (χ3v) is 7.77. The van der Waals surface area contributed by atoms with Crippen LogP contribution in [0.15, 0.2) is 60.0 Å². The number of rotatable bonds is 9. The zero-order valence-corrected chi connectivity index (χ0v) is 22.3. The Hall–Kier alpha value is -2.87. The minimum absolute atomic E-state index is 0.0391. The van der Waals surface area contributed by atoms with Gasteiger partial charge in [0.15, 0.2) is 0 Å². The molecule has 1 atom stereocenters. The van der Waals surface area contributed by atoms with Crippen LogP contribution < -0.4 is 5.32 Å². The van der Waals surface area contributed by atoms with Gasteiger partial charge in [-0.3, -0.25) is 4.79 Å². The van der Waals surface area contributed by atoms with E-state index in [1.165, 1.54) is 0 Å². The Morgan fingerprint density at radius 2 is 1.86 bits per heavy atom. The molecule has 0 bridgehead atoms. The summed E-state index contributed by atoms with van der Waals surface area (Å²) >= 11 is 7.90. The van der Waals surface area contributed by atoms with Gasteiger partial charge in [-0.1, -0.05) is 48.0 Å². The van der Waals surface area contributed by atoms with E-state index in [9.17, 15) is 9.59 Å². The number of halogens is 1. The van der Waals surface area contributed by atoms with Gasteiger partial charge in [-0.05, 0) is 67.0 Å². The molecule has 4 rings (SSSR count). The van der Waals surface area contributed by atoms with Gasteiger partial charge in [0.25, 0.3) is 0 Å². The number of nitrogens with one attached hydrogen (secondary N) is 1. The lowest BCUT2D eigenvalue weighted by molar-refractivity contribution is -0.133. The predicted molar refractivity (Wildman–Crippen MR) is 146 cm³/mol. The van der Waals surface area contributed by atoms with E-state index in [1.54, 1.807) is 22.3 Å². The topological polar surface area (TPSA) is 61.9 Å². The molecule has 1 aromatic heterocycles. The van der Waals surface area contributed by atoms with Crippen molar-refractivity contribution < 1.29 is 14.3 Å². The van der Waals surface area contributed by atoms with Gasteiger partial charge in [0.05, 0.1) is 12.6 Å². The minimum Gasteiger partial charge on any atom is -0.376 e. The van der Waals surface area contributed by atoms with E-state index in [-0.39, 0.29) is 24.6 Å². The summed E-state index contributed by atoms with van der Waals surface area (Å²) in [7, 11) is 0. The predicted octanol–water partition coefficient (Wildman–Crippen LogP) is 6.26. The van der Waals surface area contributed by atoms with E-state index in [4.69, 9.17) is 16.3 Å². The fourth-order valence-corrected chi connectivity index (χ4v) is 5.27. The summed E-state index contributed by atoms with van der Waals surface area (Å²) in [6, 6.07) is 17.0. The van der Waals surface area contributed by atoms with E-state index in [1.807, 2.05) is 59.7 Å². The maximum Gasteiger partial charge on any atom is 0.322 e. The lowest BCUT2D eigenvalue weighted by Gasteiger charge is -2.29. The van der Waals surface area contributed by atoms with Crippen LogP contribution in [0.4, 0.5) is 10.5 Å². The van der Waals surface area contributed by atoms with Crippen LogP contribution in [-0.4, -0.2) is 47.5 Å². The molecule has 1 aliphatic rings. The van der Waals surface area contributed by atoms with Gasteiger partial charge in [0, 0.05) is 35.3 Å². The molecule has 6 nitrogen and oxygen atoms in total. The van der Waals surface area contributed by atoms with E-state index in [2.05, 4.69) is 18.3 Å². The molecule has 0 radical (unpaired) electrons. The zero-order chi connectivity index (χ0) is 25.5. The summed E-state index contributed by atoms with van der Waals surface area (Å²) in [5.74, 6) is -0.110. The molecule has 2 aromatic carbocycles. The molecule has 1 saturated heterocycles. The van der Waals surface area contributed by atoms with Gasteiger partial charge in [-0.15, -0.1) is 11.3 Å². The molecule has 3 amide bonds. The van der Waals surface area contributed by atoms with Crippen molar-refractivity contribution in [1.29, 1.82) is 0 Å². The molecular weight excluding hydrogens is 494 g/mol. The first-order chi connectivity index (χ1) is 17.4. The Balaban J connectivity index is 1.52. The second kappa shape index (κ2) is 12.4. The van der Waals surface area contributed by atoms with Crippen molar-refractivity contribution in [1.82, 2.24) is 9.80 Å². The molecule has 0 spiro atoms. The number of thiophene rings is 1. The van der Waals surface area contributed by atoms with Gasteiger partial charge < -0.3 is 19.9 Å². The first-order valence-electron chi connectivity index (χ1n) is 12.2. The SMILES string of the molecule is Cc1ccc(NC(=O)N(CC(=O)N(Cc2ccccc2)Cc2sccc2C)CC2CCCO2)cc1Cl. The number of urea groups is 1. The monoisotopic (exact) mass is 525 g/mol. The second-order valence-electron chi connectivity index (χ2n) is 9.17. The smallest absolute Gasteiger partial charge is 0.322 e. The first kappa shape index (κ1) is 26.2. The van der Waals surface area contributed by atoms with Gasteiger partial charge in [-0.2, -0.15) is 0 Å². The summed E-state index contributed by atoms with van der Waals surface area (Å²) in [4.78, 5) is 31.5. The lowest BCUT2D eigenvalue weighted by Crippen LogP contribution is -2.46. The molecule has 1 N–H and O–H groups in total. The number of hydrogen-bond acceptors (Lipinski definition) is 4. The van der Waals surface area contributed by atoms with Gasteiger partial charge in [-0.25, -0.2) is 4.79 Å². The quantitative estimate of drug-likeness (QED) is 0.358. The summed E-state index contributed by atoms with van der Waals surface area (Å²) in [6.45, 7) is 5.93. The molecule has 2 heterocycles. The summed E-state index contributed by atoms with van der Waals surface area (Å²) in [5.41, 5.74) is 3.73. The van der Waals surface area contributed by atoms with Crippen molar-refractivity contribution in [2.45, 2.75) is 45.9 Å². The highest BCUT2D eigenvalue weighted by Gasteiger charge is 2.27. The van der Waals surface area contributed by atoms with Crippen LogP contribution in [0.2, 0.25) is 5.02 Å². The Bertz CT molecular complexity index is 1180. The molecule has 0 saturated carbocycles. The Labute approximate surface area is 221 Å². The average Bonchev–Trinajstić information content (AvgIpc) is 3.53. The molecule has 8 heteroatoms. The third-order valence-electron chi connectivity index (χ3n) is 6.36. The van der Waals surface area contributed by atoms with E-state index in [0.717, 1.165) is 34.4 Å². The minimum atomic E-state index is -0.342. The van der Waals surface area contributed by atoms with Crippen LogP contribution in [-0.2, 0) is 22.6 Å². The van der Waals surface area contributed by atoms with Crippen LogP contribution in [0.1, 0.15) is 34.4 Å². The van der Waals surface area contributed by atoms with Crippen molar-refractivity contribution in [3.05, 3.63) is 86.6 Å². The molecule has 0 aliphatic carbocycles. The molecule has 1 unspecified atom stereocenters. The van der Waals surface area contributed by atoms with Gasteiger partial charge in [0.1, 0.15) is 6.54 Å². The third kappa shape index (κ3) is 7.09. The Morgan fingerprint density at radius 3 is 2.53 bits per heavy atom. The number of nitrogens with zero attached hydrogens (tertiary/aromatic N) is 2. The number of carbonyl (C=O) groups excluding carboxylic acids is 2. The molecular formula is C28H32ClN3O3S. The Kier molecular flexibility index (Phi) is 9.02. The summed E-state index contributed by atoms with van der Waals surface area (Å²) in [5, 5.41) is 5.53. The number of carbonyl (C=O) groups is 2. The first-order valence-corrected chi connectivity index (χ1v) is 13.4. The second-order valence-corrected chi connectivity index (χ2v) is 10.6. The van der Waals surface area contributed by atoms with Crippen molar-refractivity contribution in [3.8, 4) is 0 Å². The molecule has 1 aliphatic heterocycles. The number of anilines is 1. The lowest BCUT2D eigenvalue weighted by atomic mass is 10.2. The van der Waals surface area contributed by atoms with Gasteiger partial charge >= 0.3 is 6.03 Å². The van der Waals surface area contributed by atoms with Crippen molar-refractivity contribution in [3.63, 3.8) is 0 Å². The van der Waals surface area contributed by atoms with E-state index < -0.39 is 0 Å². The van der Waals surface area contributed by atoms with Crippen molar-refractivity contribution >= 4 is 40.6 Å². The maximum absolute atomic E-state index is 13.7. The number of hydrogen-bond donors (Lipinski definition) is 1.